The van der Waals surface area contributed by atoms with Gasteiger partial charge in [-0.15, -0.1) is 0 Å². The number of amides is 2. The molecule has 3 aromatic rings. The molecule has 1 unspecified atom stereocenters. The molecule has 0 saturated heterocycles. The van der Waals surface area contributed by atoms with E-state index in [0.717, 1.165) is 16.7 Å². The zero-order valence-electron chi connectivity index (χ0n) is 22.0. The average Bonchev–Trinajstić information content (AvgIpc) is 2.87. The van der Waals surface area contributed by atoms with Crippen molar-refractivity contribution in [3.8, 4) is 0 Å². The van der Waals surface area contributed by atoms with Gasteiger partial charge in [-0.1, -0.05) is 97.7 Å². The normalized spacial score (nSPS) is 12.0. The Morgan fingerprint density at radius 3 is 2.05 bits per heavy atom. The highest BCUT2D eigenvalue weighted by molar-refractivity contribution is 6.42. The van der Waals surface area contributed by atoms with Gasteiger partial charge in [-0.25, -0.2) is 0 Å². The van der Waals surface area contributed by atoms with Crippen molar-refractivity contribution in [2.75, 3.05) is 0 Å². The van der Waals surface area contributed by atoms with Crippen molar-refractivity contribution in [1.82, 2.24) is 10.2 Å². The molecule has 196 valence electrons. The van der Waals surface area contributed by atoms with E-state index >= 15 is 0 Å². The third-order valence-corrected chi connectivity index (χ3v) is 7.05. The number of carbonyl (C=O) groups is 2. The van der Waals surface area contributed by atoms with Crippen LogP contribution in [0.5, 0.6) is 0 Å². The highest BCUT2D eigenvalue weighted by atomic mass is 35.5. The SMILES string of the molecule is CC(C)NC(=O)C(Cc1ccccc1)N(Cc1ccc(Cl)c(Cl)c1)C(=O)CCc1ccc(C(C)C)cc1. The summed E-state index contributed by atoms with van der Waals surface area (Å²) in [6.07, 6.45) is 1.30. The molecule has 0 saturated carbocycles. The summed E-state index contributed by atoms with van der Waals surface area (Å²) in [7, 11) is 0. The lowest BCUT2D eigenvalue weighted by atomic mass is 9.99. The van der Waals surface area contributed by atoms with Crippen molar-refractivity contribution in [3.05, 3.63) is 105 Å². The summed E-state index contributed by atoms with van der Waals surface area (Å²) in [6, 6.07) is 22.8. The number of hydrogen-bond acceptors (Lipinski definition) is 2. The van der Waals surface area contributed by atoms with Gasteiger partial charge in [0.05, 0.1) is 10.0 Å². The number of carbonyl (C=O) groups excluding carboxylic acids is 2. The minimum absolute atomic E-state index is 0.0489. The molecule has 4 nitrogen and oxygen atoms in total. The first-order valence-corrected chi connectivity index (χ1v) is 13.6. The van der Waals surface area contributed by atoms with Crippen LogP contribution in [0.15, 0.2) is 72.8 Å². The molecule has 0 heterocycles. The predicted octanol–water partition coefficient (Wildman–Crippen LogP) is 7.21. The summed E-state index contributed by atoms with van der Waals surface area (Å²) in [5, 5.41) is 3.89. The van der Waals surface area contributed by atoms with E-state index in [1.54, 1.807) is 17.0 Å². The van der Waals surface area contributed by atoms with Crippen molar-refractivity contribution >= 4 is 35.0 Å². The van der Waals surface area contributed by atoms with Crippen LogP contribution in [0.2, 0.25) is 10.0 Å². The molecule has 0 aliphatic carbocycles. The average molecular weight is 540 g/mol. The van der Waals surface area contributed by atoms with E-state index in [-0.39, 0.29) is 24.4 Å². The molecule has 0 fully saturated rings. The summed E-state index contributed by atoms with van der Waals surface area (Å²) in [6.45, 7) is 8.42. The first kappa shape index (κ1) is 28.7. The summed E-state index contributed by atoms with van der Waals surface area (Å²) >= 11 is 12.4. The van der Waals surface area contributed by atoms with Crippen LogP contribution in [-0.2, 0) is 29.0 Å². The molecule has 0 spiro atoms. The van der Waals surface area contributed by atoms with Crippen LogP contribution >= 0.6 is 23.2 Å². The molecule has 0 aromatic heterocycles. The molecule has 6 heteroatoms. The summed E-state index contributed by atoms with van der Waals surface area (Å²) in [5.74, 6) is 0.197. The second kappa shape index (κ2) is 13.6. The molecule has 3 rings (SSSR count). The third kappa shape index (κ3) is 8.62. The summed E-state index contributed by atoms with van der Waals surface area (Å²) in [5.41, 5.74) is 4.17. The molecule has 0 radical (unpaired) electrons. The largest absolute Gasteiger partial charge is 0.352 e. The molecular weight excluding hydrogens is 503 g/mol. The van der Waals surface area contributed by atoms with Crippen LogP contribution in [0.25, 0.3) is 0 Å². The van der Waals surface area contributed by atoms with Crippen molar-refractivity contribution in [3.63, 3.8) is 0 Å². The molecule has 37 heavy (non-hydrogen) atoms. The Morgan fingerprint density at radius 2 is 1.46 bits per heavy atom. The van der Waals surface area contributed by atoms with E-state index < -0.39 is 6.04 Å². The van der Waals surface area contributed by atoms with Gasteiger partial charge in [0.2, 0.25) is 11.8 Å². The Labute approximate surface area is 231 Å². The number of benzene rings is 3. The van der Waals surface area contributed by atoms with Gasteiger partial charge in [0.1, 0.15) is 6.04 Å². The standard InChI is InChI=1S/C31H36Cl2N2O2/c1-21(2)26-14-10-23(11-15-26)13-17-30(36)35(20-25-12-16-27(32)28(33)18-25)29(31(37)34-22(3)4)19-24-8-6-5-7-9-24/h5-12,14-16,18,21-22,29H,13,17,19-20H2,1-4H3,(H,34,37). The van der Waals surface area contributed by atoms with E-state index in [4.69, 9.17) is 23.2 Å². The second-order valence-electron chi connectivity index (χ2n) is 10.0. The van der Waals surface area contributed by atoms with Crippen LogP contribution in [0, 0.1) is 0 Å². The van der Waals surface area contributed by atoms with Crippen LogP contribution in [0.3, 0.4) is 0 Å². The van der Waals surface area contributed by atoms with Gasteiger partial charge >= 0.3 is 0 Å². The van der Waals surface area contributed by atoms with Crippen LogP contribution in [0.4, 0.5) is 0 Å². The van der Waals surface area contributed by atoms with Crippen molar-refractivity contribution in [2.45, 2.75) is 71.5 Å². The molecule has 0 aliphatic heterocycles. The number of hydrogen-bond donors (Lipinski definition) is 1. The number of nitrogens with zero attached hydrogens (tertiary/aromatic N) is 1. The van der Waals surface area contributed by atoms with Crippen LogP contribution in [-0.4, -0.2) is 28.8 Å². The van der Waals surface area contributed by atoms with Gasteiger partial charge in [0.15, 0.2) is 0 Å². The fraction of sp³-hybridized carbons (Fsp3) is 0.355. The van der Waals surface area contributed by atoms with Gasteiger partial charge < -0.3 is 10.2 Å². The highest BCUT2D eigenvalue weighted by Gasteiger charge is 2.30. The minimum atomic E-state index is -0.671. The van der Waals surface area contributed by atoms with Crippen LogP contribution in [0.1, 0.15) is 62.3 Å². The Hall–Kier alpha value is -2.82. The van der Waals surface area contributed by atoms with Gasteiger partial charge in [-0.05, 0) is 60.6 Å². The zero-order valence-corrected chi connectivity index (χ0v) is 23.5. The Bertz CT molecular complexity index is 1180. The maximum absolute atomic E-state index is 13.8. The minimum Gasteiger partial charge on any atom is -0.352 e. The van der Waals surface area contributed by atoms with E-state index in [0.29, 0.717) is 35.2 Å². The summed E-state index contributed by atoms with van der Waals surface area (Å²) in [4.78, 5) is 28.9. The molecule has 0 bridgehead atoms. The number of nitrogens with one attached hydrogen (secondary N) is 1. The Balaban J connectivity index is 1.90. The lowest BCUT2D eigenvalue weighted by molar-refractivity contribution is -0.141. The van der Waals surface area contributed by atoms with Gasteiger partial charge in [-0.2, -0.15) is 0 Å². The third-order valence-electron chi connectivity index (χ3n) is 6.31. The molecular formula is C31H36Cl2N2O2. The predicted molar refractivity (Wildman–Crippen MR) is 153 cm³/mol. The molecule has 0 aliphatic rings. The van der Waals surface area contributed by atoms with E-state index in [1.165, 1.54) is 5.56 Å². The number of aryl methyl sites for hydroxylation is 1. The molecule has 3 aromatic carbocycles. The molecule has 1 N–H and O–H groups in total. The summed E-state index contributed by atoms with van der Waals surface area (Å²) < 4.78 is 0. The quantitative estimate of drug-likeness (QED) is 0.280. The fourth-order valence-corrected chi connectivity index (χ4v) is 4.55. The van der Waals surface area contributed by atoms with Crippen molar-refractivity contribution in [2.24, 2.45) is 0 Å². The fourth-order valence-electron chi connectivity index (χ4n) is 4.23. The monoisotopic (exact) mass is 538 g/mol. The highest BCUT2D eigenvalue weighted by Crippen LogP contribution is 2.25. The van der Waals surface area contributed by atoms with Gasteiger partial charge in [0.25, 0.3) is 0 Å². The van der Waals surface area contributed by atoms with Gasteiger partial charge in [0, 0.05) is 25.4 Å². The van der Waals surface area contributed by atoms with E-state index in [1.807, 2.05) is 50.2 Å². The maximum atomic E-state index is 13.8. The van der Waals surface area contributed by atoms with Crippen molar-refractivity contribution < 1.29 is 9.59 Å². The lowest BCUT2D eigenvalue weighted by Gasteiger charge is -2.32. The van der Waals surface area contributed by atoms with Crippen molar-refractivity contribution in [1.29, 1.82) is 0 Å². The first-order chi connectivity index (χ1) is 17.6. The Morgan fingerprint density at radius 1 is 0.811 bits per heavy atom. The first-order valence-electron chi connectivity index (χ1n) is 12.8. The van der Waals surface area contributed by atoms with E-state index in [2.05, 4.69) is 43.4 Å². The van der Waals surface area contributed by atoms with Gasteiger partial charge in [-0.3, -0.25) is 9.59 Å². The smallest absolute Gasteiger partial charge is 0.243 e. The molecule has 2 amide bonds. The maximum Gasteiger partial charge on any atom is 0.243 e. The second-order valence-corrected chi connectivity index (χ2v) is 10.8. The number of rotatable bonds is 11. The van der Waals surface area contributed by atoms with Crippen LogP contribution < -0.4 is 5.32 Å². The lowest BCUT2D eigenvalue weighted by Crippen LogP contribution is -2.51. The topological polar surface area (TPSA) is 49.4 Å². The number of halogens is 2. The molecule has 1 atom stereocenters. The Kier molecular flexibility index (Phi) is 10.6. The zero-order chi connectivity index (χ0) is 26.9. The van der Waals surface area contributed by atoms with E-state index in [9.17, 15) is 9.59 Å².